The number of nitrogens with zero attached hydrogens (tertiary/aromatic N) is 2. The first-order valence-electron chi connectivity index (χ1n) is 13.3. The smallest absolute Gasteiger partial charge is 0.271 e. The first kappa shape index (κ1) is 28.3. The topological polar surface area (TPSA) is 91.3 Å². The van der Waals surface area contributed by atoms with E-state index in [1.165, 1.54) is 0 Å². The van der Waals surface area contributed by atoms with Crippen LogP contribution in [0, 0.1) is 0 Å². The van der Waals surface area contributed by atoms with Gasteiger partial charge < -0.3 is 33.7 Å². The molecule has 0 spiro atoms. The van der Waals surface area contributed by atoms with Crippen LogP contribution in [-0.4, -0.2) is 74.0 Å². The molecular weight excluding hydrogens is 498 g/mol. The van der Waals surface area contributed by atoms with Crippen molar-refractivity contribution in [3.8, 4) is 17.2 Å². The van der Waals surface area contributed by atoms with Crippen molar-refractivity contribution < 1.29 is 28.5 Å². The number of amides is 2. The second kappa shape index (κ2) is 12.0. The second-order valence-corrected chi connectivity index (χ2v) is 10.2. The number of benzene rings is 2. The van der Waals surface area contributed by atoms with Gasteiger partial charge in [0.1, 0.15) is 11.2 Å². The molecule has 1 atom stereocenters. The third-order valence-electron chi connectivity index (χ3n) is 7.27. The van der Waals surface area contributed by atoms with Crippen molar-refractivity contribution in [1.82, 2.24) is 14.8 Å². The Kier molecular flexibility index (Phi) is 8.70. The van der Waals surface area contributed by atoms with Gasteiger partial charge >= 0.3 is 0 Å². The molecule has 0 saturated carbocycles. The third kappa shape index (κ3) is 5.54. The molecule has 4 rings (SSSR count). The summed E-state index contributed by atoms with van der Waals surface area (Å²) in [4.78, 5) is 29.4. The molecule has 1 aromatic heterocycles. The Labute approximate surface area is 230 Å². The molecule has 2 amide bonds. The van der Waals surface area contributed by atoms with Crippen molar-refractivity contribution in [1.29, 1.82) is 0 Å². The molecule has 0 bridgehead atoms. The predicted octanol–water partition coefficient (Wildman–Crippen LogP) is 4.06. The van der Waals surface area contributed by atoms with E-state index < -0.39 is 5.54 Å². The Morgan fingerprint density at radius 2 is 1.79 bits per heavy atom. The summed E-state index contributed by atoms with van der Waals surface area (Å²) in [6.07, 6.45) is 1.29. The lowest BCUT2D eigenvalue weighted by Gasteiger charge is -2.44. The summed E-state index contributed by atoms with van der Waals surface area (Å²) in [6.45, 7) is 7.49. The number of rotatable bonds is 12. The highest BCUT2D eigenvalue weighted by Gasteiger charge is 2.47. The number of carbonyl (C=O) groups excluding carboxylic acids is 2. The Morgan fingerprint density at radius 1 is 1.05 bits per heavy atom. The highest BCUT2D eigenvalue weighted by Crippen LogP contribution is 2.40. The van der Waals surface area contributed by atoms with Gasteiger partial charge in [-0.05, 0) is 51.8 Å². The van der Waals surface area contributed by atoms with E-state index in [1.54, 1.807) is 26.2 Å². The Bertz CT molecular complexity index is 1330. The van der Waals surface area contributed by atoms with Gasteiger partial charge in [-0.3, -0.25) is 9.59 Å². The van der Waals surface area contributed by atoms with Gasteiger partial charge in [-0.1, -0.05) is 24.3 Å². The number of para-hydroxylation sites is 1. The molecule has 9 nitrogen and oxygen atoms in total. The number of aromatic nitrogens is 1. The Balaban J connectivity index is 1.64. The molecule has 9 heteroatoms. The number of hydrogen-bond acceptors (Lipinski definition) is 6. The maximum absolute atomic E-state index is 14.0. The average Bonchev–Trinajstić information content (AvgIpc) is 3.30. The Morgan fingerprint density at radius 3 is 2.49 bits per heavy atom. The largest absolute Gasteiger partial charge is 0.493 e. The maximum Gasteiger partial charge on any atom is 0.271 e. The van der Waals surface area contributed by atoms with Gasteiger partial charge in [0.05, 0.1) is 34.0 Å². The summed E-state index contributed by atoms with van der Waals surface area (Å²) in [5.74, 6) is 1.22. The normalized spacial score (nSPS) is 16.9. The van der Waals surface area contributed by atoms with Crippen LogP contribution in [0.1, 0.15) is 43.2 Å². The van der Waals surface area contributed by atoms with Crippen LogP contribution in [0.4, 0.5) is 0 Å². The summed E-state index contributed by atoms with van der Waals surface area (Å²) >= 11 is 0. The van der Waals surface area contributed by atoms with Crippen molar-refractivity contribution in [3.63, 3.8) is 0 Å². The molecule has 0 saturated heterocycles. The summed E-state index contributed by atoms with van der Waals surface area (Å²) in [7, 11) is 4.71. The summed E-state index contributed by atoms with van der Waals surface area (Å²) in [5, 5.41) is 4.03. The molecule has 0 fully saturated rings. The van der Waals surface area contributed by atoms with E-state index in [0.717, 1.165) is 16.5 Å². The van der Waals surface area contributed by atoms with Crippen LogP contribution in [0.15, 0.2) is 42.5 Å². The zero-order chi connectivity index (χ0) is 28.2. The van der Waals surface area contributed by atoms with Gasteiger partial charge in [-0.2, -0.15) is 0 Å². The first-order chi connectivity index (χ1) is 18.7. The minimum absolute atomic E-state index is 0.138. The number of nitrogens with one attached hydrogen (secondary N) is 1. The zero-order valence-electron chi connectivity index (χ0n) is 23.7. The van der Waals surface area contributed by atoms with Crippen LogP contribution in [-0.2, 0) is 22.5 Å². The first-order valence-corrected chi connectivity index (χ1v) is 13.3. The van der Waals surface area contributed by atoms with Gasteiger partial charge in [0.2, 0.25) is 11.7 Å². The monoisotopic (exact) mass is 537 g/mol. The fourth-order valence-electron chi connectivity index (χ4n) is 5.23. The minimum atomic E-state index is -1.10. The van der Waals surface area contributed by atoms with E-state index in [4.69, 9.17) is 18.9 Å². The third-order valence-corrected chi connectivity index (χ3v) is 7.27. The molecule has 2 heterocycles. The van der Waals surface area contributed by atoms with Crippen LogP contribution < -0.4 is 19.5 Å². The van der Waals surface area contributed by atoms with E-state index in [2.05, 4.69) is 5.32 Å². The SMILES string of the molecule is COc1ccc(CCN2C(=O)c3cc4ccccc4n3C[C@@]2(C)C(=O)NCCCOC(C)C)c(OC)c1OC. The zero-order valence-corrected chi connectivity index (χ0v) is 23.7. The molecule has 1 aliphatic rings. The molecule has 2 aromatic carbocycles. The fraction of sp³-hybridized carbons (Fsp3) is 0.467. The molecular formula is C30H39N3O6. The molecule has 1 N–H and O–H groups in total. The van der Waals surface area contributed by atoms with Crippen molar-refractivity contribution in [2.75, 3.05) is 41.0 Å². The highest BCUT2D eigenvalue weighted by atomic mass is 16.5. The van der Waals surface area contributed by atoms with Crippen LogP contribution in [0.3, 0.4) is 0 Å². The van der Waals surface area contributed by atoms with Crippen LogP contribution >= 0.6 is 0 Å². The van der Waals surface area contributed by atoms with Gasteiger partial charge in [0, 0.05) is 36.2 Å². The summed E-state index contributed by atoms with van der Waals surface area (Å²) in [6, 6.07) is 13.5. The molecule has 1 aliphatic heterocycles. The fourth-order valence-corrected chi connectivity index (χ4v) is 5.23. The predicted molar refractivity (Wildman–Crippen MR) is 150 cm³/mol. The molecule has 3 aromatic rings. The van der Waals surface area contributed by atoms with Crippen molar-refractivity contribution >= 4 is 22.7 Å². The lowest BCUT2D eigenvalue weighted by molar-refractivity contribution is -0.132. The molecule has 0 aliphatic carbocycles. The van der Waals surface area contributed by atoms with Crippen molar-refractivity contribution in [2.24, 2.45) is 0 Å². The van der Waals surface area contributed by atoms with Gasteiger partial charge in [0.15, 0.2) is 11.5 Å². The van der Waals surface area contributed by atoms with E-state index in [0.29, 0.717) is 62.0 Å². The van der Waals surface area contributed by atoms with E-state index in [-0.39, 0.29) is 17.9 Å². The van der Waals surface area contributed by atoms with Crippen molar-refractivity contribution in [3.05, 3.63) is 53.7 Å². The van der Waals surface area contributed by atoms with E-state index >= 15 is 0 Å². The highest BCUT2D eigenvalue weighted by molar-refractivity contribution is 6.03. The molecule has 210 valence electrons. The molecule has 0 unspecified atom stereocenters. The lowest BCUT2D eigenvalue weighted by atomic mass is 9.93. The number of hydrogen-bond donors (Lipinski definition) is 1. The number of fused-ring (bicyclic) bond motifs is 3. The quantitative estimate of drug-likeness (QED) is 0.351. The minimum Gasteiger partial charge on any atom is -0.493 e. The second-order valence-electron chi connectivity index (χ2n) is 10.2. The number of methoxy groups -OCH3 is 3. The molecule has 39 heavy (non-hydrogen) atoms. The average molecular weight is 538 g/mol. The van der Waals surface area contributed by atoms with Gasteiger partial charge in [-0.25, -0.2) is 0 Å². The Hall–Kier alpha value is -3.72. The van der Waals surface area contributed by atoms with Crippen LogP contribution in [0.2, 0.25) is 0 Å². The van der Waals surface area contributed by atoms with Crippen LogP contribution in [0.25, 0.3) is 10.9 Å². The summed E-state index contributed by atoms with van der Waals surface area (Å²) < 4.78 is 24.2. The van der Waals surface area contributed by atoms with Gasteiger partial charge in [-0.15, -0.1) is 0 Å². The van der Waals surface area contributed by atoms with E-state index in [1.807, 2.05) is 67.8 Å². The van der Waals surface area contributed by atoms with E-state index in [9.17, 15) is 9.59 Å². The number of carbonyl (C=O) groups is 2. The lowest BCUT2D eigenvalue weighted by Crippen LogP contribution is -2.64. The van der Waals surface area contributed by atoms with Crippen LogP contribution in [0.5, 0.6) is 17.2 Å². The maximum atomic E-state index is 14.0. The summed E-state index contributed by atoms with van der Waals surface area (Å²) in [5.41, 5.74) is 1.26. The number of ether oxygens (including phenoxy) is 4. The van der Waals surface area contributed by atoms with Gasteiger partial charge in [0.25, 0.3) is 5.91 Å². The standard InChI is InChI=1S/C30H39N3O6/c1-20(2)39-17-9-15-31-29(35)30(3)19-32-23-11-8-7-10-22(23)18-24(32)28(34)33(30)16-14-21-12-13-25(36-4)27(38-6)26(21)37-5/h7-8,10-13,18,20H,9,14-17,19H2,1-6H3,(H,31,35)/t30-/m0/s1. The van der Waals surface area contributed by atoms with Crippen molar-refractivity contribution in [2.45, 2.75) is 51.8 Å². The molecule has 0 radical (unpaired) electrons.